The number of nitrogens with zero attached hydrogens (tertiary/aromatic N) is 2. The van der Waals surface area contributed by atoms with Crippen LogP contribution in [0.5, 0.6) is 11.5 Å². The van der Waals surface area contributed by atoms with Gasteiger partial charge in [-0.2, -0.15) is 0 Å². The Bertz CT molecular complexity index is 2400. The molecule has 0 aliphatic rings. The fourth-order valence-electron chi connectivity index (χ4n) is 7.61. The highest BCUT2D eigenvalue weighted by molar-refractivity contribution is 6.68. The zero-order valence-electron chi connectivity index (χ0n) is 28.1. The topological polar surface area (TPSA) is 58.3 Å². The van der Waals surface area contributed by atoms with Crippen molar-refractivity contribution in [2.45, 2.75) is 13.8 Å². The Morgan fingerprint density at radius 1 is 0.543 bits per heavy atom. The van der Waals surface area contributed by atoms with Gasteiger partial charge < -0.3 is 10.2 Å². The molecule has 2 N–H and O–H groups in total. The molecule has 4 nitrogen and oxygen atoms in total. The Morgan fingerprint density at radius 3 is 1.80 bits per heavy atom. The van der Waals surface area contributed by atoms with Gasteiger partial charge in [-0.05, 0) is 59.5 Å². The molecule has 1 heterocycles. The van der Waals surface area contributed by atoms with Crippen LogP contribution in [-0.2, 0) is 0 Å². The maximum absolute atomic E-state index is 11.7. The Morgan fingerprint density at radius 2 is 1.11 bits per heavy atom. The van der Waals surface area contributed by atoms with E-state index in [1.165, 1.54) is 32.9 Å². The molecular weight excluding hydrogens is 556 g/mol. The third kappa shape index (κ3) is 4.14. The summed E-state index contributed by atoms with van der Waals surface area (Å²) in [5.74, 6) is 0.760. The quantitative estimate of drug-likeness (QED) is 0.128. The highest BCUT2D eigenvalue weighted by atomic mass is 16.3. The van der Waals surface area contributed by atoms with Crippen LogP contribution >= 0.6 is 0 Å². The Hall–Kier alpha value is -4.64. The van der Waals surface area contributed by atoms with E-state index in [0.717, 1.165) is 66.1 Å². The summed E-state index contributed by atoms with van der Waals surface area (Å²) in [7, 11) is 15.1. The van der Waals surface area contributed by atoms with Crippen molar-refractivity contribution in [1.29, 1.82) is 0 Å². The van der Waals surface area contributed by atoms with Gasteiger partial charge in [-0.25, -0.2) is 4.98 Å². The lowest BCUT2D eigenvalue weighted by Gasteiger charge is -2.24. The smallest absolute Gasteiger partial charge is 0.165 e. The Labute approximate surface area is 276 Å². The lowest BCUT2D eigenvalue weighted by Crippen LogP contribution is -2.55. The van der Waals surface area contributed by atoms with E-state index in [1.54, 1.807) is 0 Å². The van der Waals surface area contributed by atoms with E-state index in [4.69, 9.17) is 4.98 Å². The molecule has 0 amide bonds. The van der Waals surface area contributed by atoms with Crippen molar-refractivity contribution in [2.24, 2.45) is 0 Å². The van der Waals surface area contributed by atoms with Gasteiger partial charge in [0.05, 0.1) is 16.7 Å². The molecule has 0 bridgehead atoms. The van der Waals surface area contributed by atoms with Gasteiger partial charge in [-0.3, -0.25) is 4.57 Å². The standard InChI is InChI=1S/C35H33B7N2O2/c1-14-26(36)29(39)25(35(46)34(14)45)24-17-7-3-4-8-18(17)33(44-15(2)43-21-9-5-6-10-22(21)44)19-12-11-16(13-20(19)24)23-27(37)30(40)32(42)31(41)28(23)38/h3-13,45-46H,36-42H2,1-2H3. The van der Waals surface area contributed by atoms with Crippen molar-refractivity contribution in [1.82, 2.24) is 9.55 Å². The van der Waals surface area contributed by atoms with E-state index in [9.17, 15) is 10.2 Å². The van der Waals surface area contributed by atoms with Crippen molar-refractivity contribution in [2.75, 3.05) is 0 Å². The molecular formula is C35H33B7N2O2. The van der Waals surface area contributed by atoms with Crippen LogP contribution in [0.15, 0.2) is 66.7 Å². The van der Waals surface area contributed by atoms with Gasteiger partial charge in [0.25, 0.3) is 0 Å². The van der Waals surface area contributed by atoms with Crippen LogP contribution in [-0.4, -0.2) is 74.7 Å². The van der Waals surface area contributed by atoms with Crippen LogP contribution in [0.2, 0.25) is 0 Å². The Kier molecular flexibility index (Phi) is 7.00. The third-order valence-electron chi connectivity index (χ3n) is 10.8. The highest BCUT2D eigenvalue weighted by Gasteiger charge is 2.25. The molecule has 0 radical (unpaired) electrons. The molecule has 0 saturated heterocycles. The number of fused-ring (bicyclic) bond motifs is 3. The minimum Gasteiger partial charge on any atom is -0.504 e. The number of para-hydroxylation sites is 2. The van der Waals surface area contributed by atoms with Crippen LogP contribution < -0.4 is 38.2 Å². The van der Waals surface area contributed by atoms with E-state index in [-0.39, 0.29) is 11.5 Å². The zero-order valence-corrected chi connectivity index (χ0v) is 28.1. The largest absolute Gasteiger partial charge is 0.504 e. The van der Waals surface area contributed by atoms with Crippen molar-refractivity contribution in [3.63, 3.8) is 0 Å². The average molecular weight is 589 g/mol. The molecule has 46 heavy (non-hydrogen) atoms. The minimum atomic E-state index is -0.0798. The van der Waals surface area contributed by atoms with Gasteiger partial charge in [-0.15, -0.1) is 16.4 Å². The first-order valence-corrected chi connectivity index (χ1v) is 16.0. The molecule has 216 valence electrons. The van der Waals surface area contributed by atoms with Gasteiger partial charge in [0.2, 0.25) is 0 Å². The van der Waals surface area contributed by atoms with Gasteiger partial charge in [0.1, 0.15) is 60.7 Å². The molecule has 1 aromatic heterocycles. The maximum atomic E-state index is 11.7. The number of imidazole rings is 1. The van der Waals surface area contributed by atoms with Crippen LogP contribution in [0, 0.1) is 13.8 Å². The summed E-state index contributed by atoms with van der Waals surface area (Å²) in [6, 6.07) is 23.5. The maximum Gasteiger partial charge on any atom is 0.165 e. The van der Waals surface area contributed by atoms with Gasteiger partial charge in [-0.1, -0.05) is 70.4 Å². The van der Waals surface area contributed by atoms with Crippen molar-refractivity contribution < 1.29 is 10.2 Å². The van der Waals surface area contributed by atoms with E-state index < -0.39 is 0 Å². The average Bonchev–Trinajstić information content (AvgIpc) is 3.39. The number of aromatic nitrogens is 2. The second-order valence-corrected chi connectivity index (χ2v) is 13.0. The number of hydrogen-bond acceptors (Lipinski definition) is 3. The summed E-state index contributed by atoms with van der Waals surface area (Å²) in [4.78, 5) is 4.95. The fraction of sp³-hybridized carbons (Fsp3) is 0.0571. The van der Waals surface area contributed by atoms with Gasteiger partial charge >= 0.3 is 0 Å². The van der Waals surface area contributed by atoms with Gasteiger partial charge in [0, 0.05) is 21.9 Å². The molecule has 6 aromatic carbocycles. The number of rotatable bonds is 3. The predicted molar refractivity (Wildman–Crippen MR) is 217 cm³/mol. The molecule has 0 aliphatic carbocycles. The molecule has 11 heteroatoms. The van der Waals surface area contributed by atoms with Crippen molar-refractivity contribution in [3.05, 3.63) is 78.1 Å². The van der Waals surface area contributed by atoms with Crippen LogP contribution in [0.1, 0.15) is 11.4 Å². The summed E-state index contributed by atoms with van der Waals surface area (Å²) in [5.41, 5.74) is 16.2. The summed E-state index contributed by atoms with van der Waals surface area (Å²) in [6.07, 6.45) is 0. The minimum absolute atomic E-state index is 0.0662. The lowest BCUT2D eigenvalue weighted by molar-refractivity contribution is 0.403. The first-order chi connectivity index (χ1) is 21.9. The van der Waals surface area contributed by atoms with E-state index in [2.05, 4.69) is 111 Å². The number of hydrogen-bond donors (Lipinski definition) is 2. The third-order valence-corrected chi connectivity index (χ3v) is 10.8. The summed E-state index contributed by atoms with van der Waals surface area (Å²) in [6.45, 7) is 3.92. The normalized spacial score (nSPS) is 11.6. The number of phenolic OH excluding ortho intramolecular Hbond substituents is 2. The van der Waals surface area contributed by atoms with Crippen LogP contribution in [0.4, 0.5) is 0 Å². The van der Waals surface area contributed by atoms with E-state index >= 15 is 0 Å². The number of benzene rings is 6. The second kappa shape index (κ2) is 10.7. The first kappa shape index (κ1) is 30.0. The SMILES string of the molecule is Bc1c(B)c(B)c(-c2ccc3c(-n4c(C)nc5ccccc54)c4ccccc4c(-c4c(B)c(B)c(C)c(O)c4O)c3c2)c(B)c1B. The summed E-state index contributed by atoms with van der Waals surface area (Å²) >= 11 is 0. The molecule has 0 atom stereocenters. The summed E-state index contributed by atoms with van der Waals surface area (Å²) < 4.78 is 2.27. The molecule has 7 aromatic rings. The van der Waals surface area contributed by atoms with E-state index in [1.807, 2.05) is 28.7 Å². The number of phenols is 2. The van der Waals surface area contributed by atoms with Crippen LogP contribution in [0.25, 0.3) is 60.5 Å². The number of aryl methyl sites for hydroxylation is 1. The molecule has 0 saturated carbocycles. The highest BCUT2D eigenvalue weighted by Crippen LogP contribution is 2.46. The summed E-state index contributed by atoms with van der Waals surface area (Å²) in [5, 5.41) is 27.0. The van der Waals surface area contributed by atoms with Gasteiger partial charge in [0.15, 0.2) is 11.5 Å². The van der Waals surface area contributed by atoms with Crippen molar-refractivity contribution >= 4 is 126 Å². The Balaban J connectivity index is 1.74. The molecule has 0 fully saturated rings. The number of aromatic hydroxyl groups is 2. The first-order valence-electron chi connectivity index (χ1n) is 16.0. The lowest BCUT2D eigenvalue weighted by atomic mass is 9.59. The molecule has 7 rings (SSSR count). The molecule has 0 unspecified atom stereocenters. The van der Waals surface area contributed by atoms with Crippen LogP contribution in [0.3, 0.4) is 0 Å². The molecule has 0 spiro atoms. The molecule has 0 aliphatic heterocycles. The fourth-order valence-corrected chi connectivity index (χ4v) is 7.61. The van der Waals surface area contributed by atoms with Crippen molar-refractivity contribution in [3.8, 4) is 39.4 Å². The zero-order chi connectivity index (χ0) is 32.8. The second-order valence-electron chi connectivity index (χ2n) is 13.0. The van der Waals surface area contributed by atoms with E-state index in [0.29, 0.717) is 11.1 Å². The monoisotopic (exact) mass is 590 g/mol. The predicted octanol–water partition coefficient (Wildman–Crippen LogP) is -3.50.